The molecule has 1 unspecified atom stereocenters. The van der Waals surface area contributed by atoms with E-state index >= 15 is 0 Å². The highest BCUT2D eigenvalue weighted by atomic mass is 32.1. The minimum Gasteiger partial charge on any atom is -0.267 e. The van der Waals surface area contributed by atoms with Gasteiger partial charge in [0.15, 0.2) is 0 Å². The lowest BCUT2D eigenvalue weighted by atomic mass is 9.91. The molecule has 1 atom stereocenters. The van der Waals surface area contributed by atoms with Gasteiger partial charge in [-0.05, 0) is 73.6 Å². The van der Waals surface area contributed by atoms with E-state index in [4.69, 9.17) is 4.98 Å². The Hall–Kier alpha value is -2.76. The number of aromatic nitrogens is 2. The van der Waals surface area contributed by atoms with Crippen LogP contribution >= 0.6 is 12.8 Å². The van der Waals surface area contributed by atoms with Crippen LogP contribution in [0.4, 0.5) is 4.39 Å². The fourth-order valence-corrected chi connectivity index (χ4v) is 4.42. The molecule has 0 saturated heterocycles. The van der Waals surface area contributed by atoms with E-state index in [0.717, 1.165) is 48.0 Å². The van der Waals surface area contributed by atoms with Gasteiger partial charge in [-0.25, -0.2) is 4.39 Å². The van der Waals surface area contributed by atoms with E-state index in [1.807, 2.05) is 24.4 Å². The summed E-state index contributed by atoms with van der Waals surface area (Å²) in [5.74, 6) is 0.00273. The fourth-order valence-electron chi connectivity index (χ4n) is 4.29. The first-order valence-corrected chi connectivity index (χ1v) is 11.4. The SMILES string of the molecule is Cc1cccc(-c2ccc(C(CCNS)CCc3ccc(F)c4ncccc34)nc2)c1C. The van der Waals surface area contributed by atoms with Crippen molar-refractivity contribution in [1.82, 2.24) is 14.7 Å². The summed E-state index contributed by atoms with van der Waals surface area (Å²) >= 11 is 4.17. The Morgan fingerprint density at radius 1 is 0.969 bits per heavy atom. The van der Waals surface area contributed by atoms with E-state index in [2.05, 4.69) is 66.7 Å². The quantitative estimate of drug-likeness (QED) is 0.300. The lowest BCUT2D eigenvalue weighted by Crippen LogP contribution is -2.11. The molecule has 164 valence electrons. The zero-order valence-corrected chi connectivity index (χ0v) is 19.4. The summed E-state index contributed by atoms with van der Waals surface area (Å²) in [6.45, 7) is 5.08. The average Bonchev–Trinajstić information content (AvgIpc) is 2.82. The van der Waals surface area contributed by atoms with Crippen molar-refractivity contribution in [2.45, 2.75) is 39.0 Å². The number of benzene rings is 2. The smallest absolute Gasteiger partial charge is 0.149 e. The number of nitrogens with one attached hydrogen (secondary N) is 1. The van der Waals surface area contributed by atoms with Gasteiger partial charge in [-0.15, -0.1) is 0 Å². The predicted molar refractivity (Wildman–Crippen MR) is 134 cm³/mol. The van der Waals surface area contributed by atoms with Crippen molar-refractivity contribution in [3.8, 4) is 11.1 Å². The normalized spacial score (nSPS) is 12.2. The molecule has 0 spiro atoms. The Balaban J connectivity index is 1.56. The number of nitrogens with zero attached hydrogens (tertiary/aromatic N) is 2. The topological polar surface area (TPSA) is 37.8 Å². The van der Waals surface area contributed by atoms with Gasteiger partial charge in [0.1, 0.15) is 11.3 Å². The van der Waals surface area contributed by atoms with E-state index in [0.29, 0.717) is 5.52 Å². The first-order valence-electron chi connectivity index (χ1n) is 11.0. The second-order valence-electron chi connectivity index (χ2n) is 8.26. The standard InChI is InChI=1S/C27H28FN3S/c1-18-5-3-6-23(19(18)2)22-11-13-26(30-17-22)21(14-16-31-32)9-8-20-10-12-25(28)27-24(20)7-4-15-29-27/h3-7,10-13,15,17,21,31-32H,8-9,14,16H2,1-2H3. The second kappa shape index (κ2) is 10.2. The van der Waals surface area contributed by atoms with Crippen LogP contribution in [0.5, 0.6) is 0 Å². The molecule has 0 amide bonds. The number of rotatable bonds is 8. The summed E-state index contributed by atoms with van der Waals surface area (Å²) in [4.78, 5) is 9.06. The molecule has 2 aromatic heterocycles. The molecule has 0 radical (unpaired) electrons. The average molecular weight is 446 g/mol. The van der Waals surface area contributed by atoms with Crippen LogP contribution in [0.3, 0.4) is 0 Å². The molecule has 2 heterocycles. The number of hydrogen-bond donors (Lipinski definition) is 2. The molecule has 4 rings (SSSR count). The van der Waals surface area contributed by atoms with E-state index in [1.165, 1.54) is 22.8 Å². The van der Waals surface area contributed by atoms with Crippen molar-refractivity contribution in [2.75, 3.05) is 6.54 Å². The highest BCUT2D eigenvalue weighted by molar-refractivity contribution is 7.78. The van der Waals surface area contributed by atoms with Crippen LogP contribution in [-0.4, -0.2) is 16.5 Å². The van der Waals surface area contributed by atoms with Gasteiger partial charge in [0, 0.05) is 41.5 Å². The van der Waals surface area contributed by atoms with Gasteiger partial charge in [0.25, 0.3) is 0 Å². The van der Waals surface area contributed by atoms with Gasteiger partial charge in [-0.1, -0.05) is 49.2 Å². The molecule has 0 saturated carbocycles. The molecular formula is C27H28FN3S. The highest BCUT2D eigenvalue weighted by Gasteiger charge is 2.15. The summed E-state index contributed by atoms with van der Waals surface area (Å²) in [5.41, 5.74) is 7.56. The molecule has 0 aliphatic rings. The largest absolute Gasteiger partial charge is 0.267 e. The van der Waals surface area contributed by atoms with Crippen molar-refractivity contribution in [1.29, 1.82) is 0 Å². The summed E-state index contributed by atoms with van der Waals surface area (Å²) in [7, 11) is 0. The van der Waals surface area contributed by atoms with Crippen molar-refractivity contribution in [3.63, 3.8) is 0 Å². The van der Waals surface area contributed by atoms with E-state index in [-0.39, 0.29) is 11.7 Å². The van der Waals surface area contributed by atoms with Crippen LogP contribution in [0, 0.1) is 19.7 Å². The van der Waals surface area contributed by atoms with Gasteiger partial charge < -0.3 is 0 Å². The zero-order valence-electron chi connectivity index (χ0n) is 18.5. The summed E-state index contributed by atoms with van der Waals surface area (Å²) in [5, 5.41) is 0.886. The van der Waals surface area contributed by atoms with Crippen molar-refractivity contribution in [3.05, 3.63) is 95.2 Å². The monoisotopic (exact) mass is 445 g/mol. The molecule has 4 aromatic rings. The van der Waals surface area contributed by atoms with Gasteiger partial charge in [0.05, 0.1) is 0 Å². The van der Waals surface area contributed by atoms with Gasteiger partial charge in [0.2, 0.25) is 0 Å². The molecule has 2 aromatic carbocycles. The minimum absolute atomic E-state index is 0.274. The van der Waals surface area contributed by atoms with Crippen LogP contribution in [-0.2, 0) is 6.42 Å². The van der Waals surface area contributed by atoms with Crippen molar-refractivity contribution < 1.29 is 4.39 Å². The molecule has 0 bridgehead atoms. The van der Waals surface area contributed by atoms with E-state index < -0.39 is 0 Å². The number of halogens is 1. The molecule has 0 aliphatic carbocycles. The maximum Gasteiger partial charge on any atom is 0.149 e. The number of thiol groups is 1. The lowest BCUT2D eigenvalue weighted by molar-refractivity contribution is 0.563. The van der Waals surface area contributed by atoms with Crippen LogP contribution in [0.2, 0.25) is 0 Å². The summed E-state index contributed by atoms with van der Waals surface area (Å²) in [6.07, 6.45) is 6.30. The third kappa shape index (κ3) is 4.84. The maximum atomic E-state index is 14.1. The second-order valence-corrected chi connectivity index (χ2v) is 8.57. The molecule has 1 N–H and O–H groups in total. The van der Waals surface area contributed by atoms with Gasteiger partial charge in [-0.2, -0.15) is 0 Å². The molecule has 3 nitrogen and oxygen atoms in total. The number of aryl methyl sites for hydroxylation is 2. The molecular weight excluding hydrogens is 417 g/mol. The first kappa shape index (κ1) is 22.4. The van der Waals surface area contributed by atoms with Crippen LogP contribution in [0.25, 0.3) is 22.0 Å². The first-order chi connectivity index (χ1) is 15.6. The van der Waals surface area contributed by atoms with Gasteiger partial charge >= 0.3 is 0 Å². The van der Waals surface area contributed by atoms with Crippen molar-refractivity contribution in [2.24, 2.45) is 0 Å². The minimum atomic E-state index is -0.274. The molecule has 5 heteroatoms. The third-order valence-corrected chi connectivity index (χ3v) is 6.52. The van der Waals surface area contributed by atoms with Crippen LogP contribution in [0.15, 0.2) is 67.0 Å². The lowest BCUT2D eigenvalue weighted by Gasteiger charge is -2.18. The van der Waals surface area contributed by atoms with Crippen molar-refractivity contribution >= 4 is 23.7 Å². The predicted octanol–water partition coefficient (Wildman–Crippen LogP) is 6.59. The Labute approximate surface area is 194 Å². The van der Waals surface area contributed by atoms with Gasteiger partial charge in [-0.3, -0.25) is 14.7 Å². The fraction of sp³-hybridized carbons (Fsp3) is 0.259. The maximum absolute atomic E-state index is 14.1. The summed E-state index contributed by atoms with van der Waals surface area (Å²) in [6, 6.07) is 17.9. The zero-order chi connectivity index (χ0) is 22.5. The van der Waals surface area contributed by atoms with Crippen LogP contribution < -0.4 is 4.72 Å². The molecule has 32 heavy (non-hydrogen) atoms. The highest BCUT2D eigenvalue weighted by Crippen LogP contribution is 2.30. The molecule has 0 fully saturated rings. The Bertz CT molecular complexity index is 1210. The van der Waals surface area contributed by atoms with E-state index in [1.54, 1.807) is 6.20 Å². The number of hydrogen-bond acceptors (Lipinski definition) is 4. The number of fused-ring (bicyclic) bond motifs is 1. The van der Waals surface area contributed by atoms with Crippen LogP contribution in [0.1, 0.15) is 41.1 Å². The number of pyridine rings is 2. The van der Waals surface area contributed by atoms with E-state index in [9.17, 15) is 4.39 Å². The molecule has 0 aliphatic heterocycles. The third-order valence-electron chi connectivity index (χ3n) is 6.30. The summed E-state index contributed by atoms with van der Waals surface area (Å²) < 4.78 is 17.1. The Morgan fingerprint density at radius 3 is 2.62 bits per heavy atom. The Kier molecular flexibility index (Phi) is 7.18. The Morgan fingerprint density at radius 2 is 1.84 bits per heavy atom.